The maximum atomic E-state index is 11.8. The number of hydrogen-bond donors (Lipinski definition) is 1. The Bertz CT molecular complexity index is 371. The third-order valence-electron chi connectivity index (χ3n) is 2.12. The highest BCUT2D eigenvalue weighted by molar-refractivity contribution is 6.15. The zero-order chi connectivity index (χ0) is 11.5. The van der Waals surface area contributed by atoms with Gasteiger partial charge >= 0.3 is 5.97 Å². The average molecular weight is 207 g/mol. The fraction of sp³-hybridized carbons (Fsp3) is 0.273. The number of nitrogens with two attached hydrogens (primary N) is 1. The quantitative estimate of drug-likeness (QED) is 0.451. The van der Waals surface area contributed by atoms with Crippen LogP contribution in [-0.4, -0.2) is 24.4 Å². The number of rotatable bonds is 3. The van der Waals surface area contributed by atoms with Gasteiger partial charge in [0.15, 0.2) is 11.3 Å². The minimum atomic E-state index is -1.63. The van der Waals surface area contributed by atoms with Crippen LogP contribution in [0.15, 0.2) is 30.3 Å². The highest BCUT2D eigenvalue weighted by Crippen LogP contribution is 2.12. The Kier molecular flexibility index (Phi) is 3.21. The second-order valence-corrected chi connectivity index (χ2v) is 3.39. The van der Waals surface area contributed by atoms with Crippen molar-refractivity contribution in [1.29, 1.82) is 0 Å². The van der Waals surface area contributed by atoms with Crippen molar-refractivity contribution in [3.8, 4) is 0 Å². The molecule has 0 amide bonds. The topological polar surface area (TPSA) is 69.4 Å². The molecule has 1 aromatic rings. The first-order valence-corrected chi connectivity index (χ1v) is 4.47. The van der Waals surface area contributed by atoms with E-state index in [1.807, 2.05) is 0 Å². The number of esters is 1. The molecule has 0 heterocycles. The molecule has 0 aliphatic carbocycles. The highest BCUT2D eigenvalue weighted by Gasteiger charge is 2.38. The predicted molar refractivity (Wildman–Crippen MR) is 55.4 cm³/mol. The lowest BCUT2D eigenvalue weighted by Crippen LogP contribution is -2.52. The Hall–Kier alpha value is -1.68. The van der Waals surface area contributed by atoms with Gasteiger partial charge in [0.05, 0.1) is 7.11 Å². The van der Waals surface area contributed by atoms with Gasteiger partial charge in [-0.15, -0.1) is 0 Å². The summed E-state index contributed by atoms with van der Waals surface area (Å²) in [5.74, 6) is -1.19. The molecule has 0 saturated heterocycles. The number of methoxy groups -OCH3 is 1. The molecule has 15 heavy (non-hydrogen) atoms. The average Bonchev–Trinajstić information content (AvgIpc) is 2.28. The van der Waals surface area contributed by atoms with E-state index < -0.39 is 17.3 Å². The van der Waals surface area contributed by atoms with Crippen molar-refractivity contribution in [3.63, 3.8) is 0 Å². The van der Waals surface area contributed by atoms with E-state index in [2.05, 4.69) is 4.74 Å². The largest absolute Gasteiger partial charge is 0.467 e. The molecular formula is C11H13NO3. The van der Waals surface area contributed by atoms with Crippen LogP contribution >= 0.6 is 0 Å². The Morgan fingerprint density at radius 2 is 1.80 bits per heavy atom. The summed E-state index contributed by atoms with van der Waals surface area (Å²) < 4.78 is 4.47. The first-order valence-electron chi connectivity index (χ1n) is 4.47. The second kappa shape index (κ2) is 4.23. The minimum Gasteiger partial charge on any atom is -0.467 e. The van der Waals surface area contributed by atoms with Crippen LogP contribution in [0.1, 0.15) is 17.3 Å². The molecule has 1 rings (SSSR count). The Balaban J connectivity index is 3.00. The van der Waals surface area contributed by atoms with E-state index in [-0.39, 0.29) is 0 Å². The van der Waals surface area contributed by atoms with Crippen molar-refractivity contribution in [3.05, 3.63) is 35.9 Å². The lowest BCUT2D eigenvalue weighted by Gasteiger charge is -2.19. The molecular weight excluding hydrogens is 194 g/mol. The molecule has 0 unspecified atom stereocenters. The molecule has 1 aromatic carbocycles. The molecule has 0 aliphatic heterocycles. The van der Waals surface area contributed by atoms with Crippen molar-refractivity contribution >= 4 is 11.8 Å². The van der Waals surface area contributed by atoms with E-state index in [4.69, 9.17) is 5.73 Å². The fourth-order valence-corrected chi connectivity index (χ4v) is 1.19. The van der Waals surface area contributed by atoms with E-state index in [9.17, 15) is 9.59 Å². The molecule has 0 bridgehead atoms. The molecule has 0 spiro atoms. The summed E-state index contributed by atoms with van der Waals surface area (Å²) in [6.45, 7) is 1.34. The Morgan fingerprint density at radius 1 is 1.27 bits per heavy atom. The minimum absolute atomic E-state index is 0.396. The number of carbonyl (C=O) groups excluding carboxylic acids is 2. The molecule has 2 N–H and O–H groups in total. The molecule has 0 fully saturated rings. The molecule has 80 valence electrons. The van der Waals surface area contributed by atoms with Crippen LogP contribution in [-0.2, 0) is 9.53 Å². The third kappa shape index (κ3) is 2.22. The Morgan fingerprint density at radius 3 is 2.27 bits per heavy atom. The number of carbonyl (C=O) groups is 2. The zero-order valence-electron chi connectivity index (χ0n) is 8.69. The van der Waals surface area contributed by atoms with E-state index >= 15 is 0 Å². The lowest BCUT2D eigenvalue weighted by atomic mass is 9.92. The summed E-state index contributed by atoms with van der Waals surface area (Å²) in [7, 11) is 1.20. The molecule has 4 heteroatoms. The monoisotopic (exact) mass is 207 g/mol. The molecule has 0 saturated carbocycles. The van der Waals surface area contributed by atoms with E-state index in [0.29, 0.717) is 5.56 Å². The SMILES string of the molecule is COC(=O)[C@](C)(N)C(=O)c1ccccc1. The summed E-state index contributed by atoms with van der Waals surface area (Å²) in [6, 6.07) is 8.41. The maximum Gasteiger partial charge on any atom is 0.333 e. The third-order valence-corrected chi connectivity index (χ3v) is 2.12. The fourth-order valence-electron chi connectivity index (χ4n) is 1.19. The molecule has 0 aliphatic rings. The van der Waals surface area contributed by atoms with E-state index in [0.717, 1.165) is 0 Å². The normalized spacial score (nSPS) is 14.1. The van der Waals surface area contributed by atoms with Crippen LogP contribution < -0.4 is 5.73 Å². The number of Topliss-reactive ketones (excluding diaryl/α,β-unsaturated/α-hetero) is 1. The van der Waals surface area contributed by atoms with E-state index in [1.165, 1.54) is 14.0 Å². The standard InChI is InChI=1S/C11H13NO3/c1-11(12,10(14)15-2)9(13)8-6-4-3-5-7-8/h3-7H,12H2,1-2H3/t11-/m1/s1. The number of ether oxygens (including phenoxy) is 1. The van der Waals surface area contributed by atoms with Gasteiger partial charge in [-0.3, -0.25) is 4.79 Å². The van der Waals surface area contributed by atoms with Gasteiger partial charge in [0.25, 0.3) is 0 Å². The van der Waals surface area contributed by atoms with Crippen LogP contribution in [0.2, 0.25) is 0 Å². The van der Waals surface area contributed by atoms with Gasteiger partial charge in [-0.25, -0.2) is 4.79 Å². The van der Waals surface area contributed by atoms with Crippen molar-refractivity contribution in [2.24, 2.45) is 5.73 Å². The molecule has 4 nitrogen and oxygen atoms in total. The van der Waals surface area contributed by atoms with Crippen molar-refractivity contribution < 1.29 is 14.3 Å². The van der Waals surface area contributed by atoms with Crippen molar-refractivity contribution in [2.75, 3.05) is 7.11 Å². The Labute approximate surface area is 88.0 Å². The van der Waals surface area contributed by atoms with Crippen LogP contribution in [0.5, 0.6) is 0 Å². The van der Waals surface area contributed by atoms with Gasteiger partial charge in [-0.1, -0.05) is 30.3 Å². The smallest absolute Gasteiger partial charge is 0.333 e. The van der Waals surface area contributed by atoms with Gasteiger partial charge in [0, 0.05) is 5.56 Å². The van der Waals surface area contributed by atoms with Crippen LogP contribution in [0.25, 0.3) is 0 Å². The number of benzene rings is 1. The zero-order valence-corrected chi connectivity index (χ0v) is 8.69. The molecule has 0 aromatic heterocycles. The summed E-state index contributed by atoms with van der Waals surface area (Å²) >= 11 is 0. The first-order chi connectivity index (χ1) is 7.00. The summed E-state index contributed by atoms with van der Waals surface area (Å²) in [4.78, 5) is 23.1. The highest BCUT2D eigenvalue weighted by atomic mass is 16.5. The summed E-state index contributed by atoms with van der Waals surface area (Å²) in [5.41, 5.74) is 4.39. The molecule has 1 atom stereocenters. The first kappa shape index (κ1) is 11.4. The van der Waals surface area contributed by atoms with E-state index in [1.54, 1.807) is 30.3 Å². The predicted octanol–water partition coefficient (Wildman–Crippen LogP) is 0.760. The van der Waals surface area contributed by atoms with Gasteiger partial charge in [-0.2, -0.15) is 0 Å². The molecule has 0 radical (unpaired) electrons. The van der Waals surface area contributed by atoms with Crippen LogP contribution in [0.3, 0.4) is 0 Å². The summed E-state index contributed by atoms with van der Waals surface area (Å²) in [6.07, 6.45) is 0. The van der Waals surface area contributed by atoms with Crippen molar-refractivity contribution in [2.45, 2.75) is 12.5 Å². The maximum absolute atomic E-state index is 11.8. The number of ketones is 1. The second-order valence-electron chi connectivity index (χ2n) is 3.39. The summed E-state index contributed by atoms with van der Waals surface area (Å²) in [5, 5.41) is 0. The van der Waals surface area contributed by atoms with Gasteiger partial charge in [-0.05, 0) is 6.92 Å². The van der Waals surface area contributed by atoms with Gasteiger partial charge in [0.1, 0.15) is 0 Å². The van der Waals surface area contributed by atoms with Crippen LogP contribution in [0.4, 0.5) is 0 Å². The van der Waals surface area contributed by atoms with Crippen molar-refractivity contribution in [1.82, 2.24) is 0 Å². The van der Waals surface area contributed by atoms with Gasteiger partial charge < -0.3 is 10.5 Å². The van der Waals surface area contributed by atoms with Gasteiger partial charge in [0.2, 0.25) is 0 Å². The lowest BCUT2D eigenvalue weighted by molar-refractivity contribution is -0.144. The van der Waals surface area contributed by atoms with Crippen LogP contribution in [0, 0.1) is 0 Å². The number of hydrogen-bond acceptors (Lipinski definition) is 4.